The molecule has 0 bridgehead atoms. The zero-order valence-electron chi connectivity index (χ0n) is 8.55. The van der Waals surface area contributed by atoms with Crippen molar-refractivity contribution in [2.75, 3.05) is 13.1 Å². The Morgan fingerprint density at radius 3 is 2.64 bits per heavy atom. The Bertz CT molecular complexity index is 225. The molecule has 0 heterocycles. The molecule has 0 aromatic carbocycles. The summed E-state index contributed by atoms with van der Waals surface area (Å²) in [5.41, 5.74) is 5.25. The molecular weight excluding hydrogens is 180 g/mol. The Morgan fingerprint density at radius 2 is 2.29 bits per heavy atom. The molecular formula is C9H18N4O. The van der Waals surface area contributed by atoms with Crippen LogP contribution < -0.4 is 11.1 Å². The summed E-state index contributed by atoms with van der Waals surface area (Å²) in [4.78, 5) is 13.1. The Hall–Kier alpha value is -1.26. The highest BCUT2D eigenvalue weighted by Crippen LogP contribution is 2.18. The fourth-order valence-electron chi connectivity index (χ4n) is 1.35. The van der Waals surface area contributed by atoms with Gasteiger partial charge in [-0.1, -0.05) is 0 Å². The van der Waals surface area contributed by atoms with Crippen LogP contribution in [0.5, 0.6) is 0 Å². The van der Waals surface area contributed by atoms with Crippen molar-refractivity contribution in [2.45, 2.75) is 32.2 Å². The van der Waals surface area contributed by atoms with E-state index in [4.69, 9.17) is 11.1 Å². The predicted molar refractivity (Wildman–Crippen MR) is 55.3 cm³/mol. The zero-order chi connectivity index (χ0) is 10.6. The largest absolute Gasteiger partial charge is 0.386 e. The topological polar surface area (TPSA) is 82.2 Å². The van der Waals surface area contributed by atoms with Crippen LogP contribution in [-0.2, 0) is 0 Å². The van der Waals surface area contributed by atoms with Crippen LogP contribution in [0.3, 0.4) is 0 Å². The van der Waals surface area contributed by atoms with Crippen LogP contribution in [0.25, 0.3) is 0 Å². The van der Waals surface area contributed by atoms with E-state index in [2.05, 4.69) is 5.32 Å². The summed E-state index contributed by atoms with van der Waals surface area (Å²) in [6, 6.07) is 0.232. The number of nitrogens with zero attached hydrogens (tertiary/aromatic N) is 1. The molecule has 0 aromatic heterocycles. The normalized spacial score (nSPS) is 15.8. The van der Waals surface area contributed by atoms with Crippen molar-refractivity contribution in [1.29, 1.82) is 5.41 Å². The Balaban J connectivity index is 2.34. The summed E-state index contributed by atoms with van der Waals surface area (Å²) in [5.74, 6) is 0.0237. The molecule has 4 N–H and O–H groups in total. The van der Waals surface area contributed by atoms with Crippen LogP contribution in [0.1, 0.15) is 26.2 Å². The van der Waals surface area contributed by atoms with Gasteiger partial charge in [0.15, 0.2) is 0 Å². The van der Waals surface area contributed by atoms with Gasteiger partial charge in [-0.3, -0.25) is 5.41 Å². The first-order valence-corrected chi connectivity index (χ1v) is 5.01. The lowest BCUT2D eigenvalue weighted by Crippen LogP contribution is -2.49. The molecule has 0 aliphatic heterocycles. The molecule has 80 valence electrons. The van der Waals surface area contributed by atoms with Crippen LogP contribution in [-0.4, -0.2) is 35.9 Å². The summed E-state index contributed by atoms with van der Waals surface area (Å²) >= 11 is 0. The van der Waals surface area contributed by atoms with E-state index in [-0.39, 0.29) is 18.4 Å². The lowest BCUT2D eigenvalue weighted by atomic mass is 9.93. The van der Waals surface area contributed by atoms with Crippen LogP contribution in [0.15, 0.2) is 0 Å². The number of nitrogens with one attached hydrogen (secondary N) is 2. The summed E-state index contributed by atoms with van der Waals surface area (Å²) in [7, 11) is 0. The highest BCUT2D eigenvalue weighted by atomic mass is 16.2. The number of carbonyl (C=O) groups is 1. The van der Waals surface area contributed by atoms with Gasteiger partial charge in [0.25, 0.3) is 0 Å². The lowest BCUT2D eigenvalue weighted by molar-refractivity contribution is 0.195. The second-order valence-electron chi connectivity index (χ2n) is 3.62. The van der Waals surface area contributed by atoms with Crippen molar-refractivity contribution >= 4 is 11.9 Å². The van der Waals surface area contributed by atoms with Gasteiger partial charge in [-0.05, 0) is 26.2 Å². The highest BCUT2D eigenvalue weighted by Gasteiger charge is 2.21. The maximum atomic E-state index is 11.6. The monoisotopic (exact) mass is 198 g/mol. The van der Waals surface area contributed by atoms with Crippen molar-refractivity contribution in [3.63, 3.8) is 0 Å². The highest BCUT2D eigenvalue weighted by molar-refractivity contribution is 5.84. The molecule has 1 rings (SSSR count). The van der Waals surface area contributed by atoms with E-state index in [9.17, 15) is 4.79 Å². The van der Waals surface area contributed by atoms with Crippen molar-refractivity contribution < 1.29 is 4.79 Å². The third-order valence-electron chi connectivity index (χ3n) is 2.46. The van der Waals surface area contributed by atoms with Gasteiger partial charge < -0.3 is 16.0 Å². The van der Waals surface area contributed by atoms with Gasteiger partial charge in [-0.15, -0.1) is 0 Å². The zero-order valence-corrected chi connectivity index (χ0v) is 8.55. The molecule has 1 fully saturated rings. The molecule has 0 atom stereocenters. The van der Waals surface area contributed by atoms with Crippen molar-refractivity contribution in [1.82, 2.24) is 10.2 Å². The van der Waals surface area contributed by atoms with Gasteiger partial charge in [0.05, 0.1) is 6.54 Å². The first kappa shape index (κ1) is 10.8. The number of amidine groups is 1. The molecule has 1 aliphatic carbocycles. The molecule has 0 saturated heterocycles. The molecule has 1 aliphatic rings. The minimum absolute atomic E-state index is 0.0237. The maximum absolute atomic E-state index is 11.6. The van der Waals surface area contributed by atoms with E-state index in [1.807, 2.05) is 6.92 Å². The first-order chi connectivity index (χ1) is 6.63. The van der Waals surface area contributed by atoms with Crippen LogP contribution >= 0.6 is 0 Å². The number of amides is 2. The van der Waals surface area contributed by atoms with Crippen molar-refractivity contribution in [2.24, 2.45) is 5.73 Å². The van der Waals surface area contributed by atoms with Gasteiger partial charge in [0.1, 0.15) is 5.84 Å². The first-order valence-electron chi connectivity index (χ1n) is 5.01. The number of hydrogen-bond acceptors (Lipinski definition) is 2. The molecule has 1 saturated carbocycles. The van der Waals surface area contributed by atoms with Crippen molar-refractivity contribution in [3.05, 3.63) is 0 Å². The lowest BCUT2D eigenvalue weighted by Gasteiger charge is -2.30. The molecule has 0 spiro atoms. The second-order valence-corrected chi connectivity index (χ2v) is 3.62. The predicted octanol–water partition coefficient (Wildman–Crippen LogP) is 0.506. The smallest absolute Gasteiger partial charge is 0.318 e. The molecule has 5 nitrogen and oxygen atoms in total. The van der Waals surface area contributed by atoms with E-state index >= 15 is 0 Å². The number of carbonyl (C=O) groups excluding carboxylic acids is 1. The minimum Gasteiger partial charge on any atom is -0.386 e. The van der Waals surface area contributed by atoms with Gasteiger partial charge >= 0.3 is 6.03 Å². The second kappa shape index (κ2) is 4.83. The summed E-state index contributed by atoms with van der Waals surface area (Å²) in [6.07, 6.45) is 3.34. The SMILES string of the molecule is CCN(CC(=N)N)C(=O)NC1CCC1. The number of rotatable bonds is 4. The van der Waals surface area contributed by atoms with E-state index in [0.29, 0.717) is 12.6 Å². The summed E-state index contributed by atoms with van der Waals surface area (Å²) in [6.45, 7) is 2.68. The Kier molecular flexibility index (Phi) is 3.73. The number of hydrogen-bond donors (Lipinski definition) is 3. The van der Waals surface area contributed by atoms with Crippen LogP contribution in [0, 0.1) is 5.41 Å². The molecule has 0 radical (unpaired) electrons. The van der Waals surface area contributed by atoms with E-state index in [0.717, 1.165) is 12.8 Å². The fraction of sp³-hybridized carbons (Fsp3) is 0.778. The Labute approximate surface area is 84.1 Å². The average Bonchev–Trinajstić information content (AvgIpc) is 2.06. The summed E-state index contributed by atoms with van der Waals surface area (Å²) < 4.78 is 0. The number of likely N-dealkylation sites (N-methyl/N-ethyl adjacent to an activating group) is 1. The molecule has 0 aromatic rings. The average molecular weight is 198 g/mol. The quantitative estimate of drug-likeness (QED) is 0.454. The maximum Gasteiger partial charge on any atom is 0.318 e. The van der Waals surface area contributed by atoms with Crippen LogP contribution in [0.2, 0.25) is 0 Å². The van der Waals surface area contributed by atoms with Gasteiger partial charge in [0.2, 0.25) is 0 Å². The standard InChI is InChI=1S/C9H18N4O/c1-2-13(6-8(10)11)9(14)12-7-4-3-5-7/h7H,2-6H2,1H3,(H3,10,11)(H,12,14). The third kappa shape index (κ3) is 2.90. The molecule has 5 heteroatoms. The van der Waals surface area contributed by atoms with Gasteiger partial charge in [-0.2, -0.15) is 0 Å². The van der Waals surface area contributed by atoms with Gasteiger partial charge in [-0.25, -0.2) is 4.79 Å². The molecule has 2 amide bonds. The number of urea groups is 1. The van der Waals surface area contributed by atoms with Crippen molar-refractivity contribution in [3.8, 4) is 0 Å². The van der Waals surface area contributed by atoms with E-state index < -0.39 is 0 Å². The third-order valence-corrected chi connectivity index (χ3v) is 2.46. The van der Waals surface area contributed by atoms with Gasteiger partial charge in [0, 0.05) is 12.6 Å². The number of nitrogens with two attached hydrogens (primary N) is 1. The van der Waals surface area contributed by atoms with E-state index in [1.54, 1.807) is 4.90 Å². The Morgan fingerprint density at radius 1 is 1.64 bits per heavy atom. The fourth-order valence-corrected chi connectivity index (χ4v) is 1.35. The summed E-state index contributed by atoms with van der Waals surface area (Å²) in [5, 5.41) is 10.0. The molecule has 0 unspecified atom stereocenters. The molecule has 14 heavy (non-hydrogen) atoms. The van der Waals surface area contributed by atoms with E-state index in [1.165, 1.54) is 6.42 Å². The van der Waals surface area contributed by atoms with Crippen LogP contribution in [0.4, 0.5) is 4.79 Å². The minimum atomic E-state index is -0.104.